The average molecular weight is 305 g/mol. The van der Waals surface area contributed by atoms with Crippen molar-refractivity contribution in [2.45, 2.75) is 33.2 Å². The van der Waals surface area contributed by atoms with Crippen molar-refractivity contribution in [3.63, 3.8) is 0 Å². The minimum absolute atomic E-state index is 0.112. The van der Waals surface area contributed by atoms with Crippen LogP contribution >= 0.6 is 0 Å². The van der Waals surface area contributed by atoms with Gasteiger partial charge in [0, 0.05) is 22.7 Å². The van der Waals surface area contributed by atoms with Crippen LogP contribution in [0.15, 0.2) is 60.8 Å². The molecule has 0 aliphatic carbocycles. The fourth-order valence-electron chi connectivity index (χ4n) is 3.19. The molecule has 0 N–H and O–H groups in total. The van der Waals surface area contributed by atoms with E-state index in [1.165, 1.54) is 11.1 Å². The molecule has 0 fully saturated rings. The first-order chi connectivity index (χ1) is 11.1. The highest BCUT2D eigenvalue weighted by Crippen LogP contribution is 2.30. The summed E-state index contributed by atoms with van der Waals surface area (Å²) >= 11 is 0. The monoisotopic (exact) mass is 305 g/mol. The third-order valence-corrected chi connectivity index (χ3v) is 4.34. The zero-order chi connectivity index (χ0) is 16.4. The number of nitrogens with zero attached hydrogens (tertiary/aromatic N) is 1. The Balaban J connectivity index is 2.09. The van der Waals surface area contributed by atoms with Crippen molar-refractivity contribution in [1.29, 1.82) is 0 Å². The Hall–Kier alpha value is -2.35. The summed E-state index contributed by atoms with van der Waals surface area (Å²) in [5.74, 6) is 0.718. The van der Waals surface area contributed by atoms with Crippen LogP contribution in [0.2, 0.25) is 0 Å². The second-order valence-corrected chi connectivity index (χ2v) is 6.61. The predicted octanol–water partition coefficient (Wildman–Crippen LogP) is 5.48. The summed E-state index contributed by atoms with van der Waals surface area (Å²) in [6, 6.07) is 19.1. The van der Waals surface area contributed by atoms with Crippen molar-refractivity contribution in [3.8, 4) is 0 Å². The lowest BCUT2D eigenvalue weighted by Crippen LogP contribution is -2.12. The Morgan fingerprint density at radius 1 is 1.04 bits per heavy atom. The molecule has 118 valence electrons. The molecule has 1 unspecified atom stereocenters. The van der Waals surface area contributed by atoms with E-state index < -0.39 is 0 Å². The SMILES string of the molecule is CC(=O)c1ccc2c(ccn2C(CC(C)C)c2ccccc2)c1. The van der Waals surface area contributed by atoms with Crippen molar-refractivity contribution in [1.82, 2.24) is 4.57 Å². The van der Waals surface area contributed by atoms with E-state index >= 15 is 0 Å². The van der Waals surface area contributed by atoms with Gasteiger partial charge >= 0.3 is 0 Å². The van der Waals surface area contributed by atoms with E-state index in [0.29, 0.717) is 12.0 Å². The van der Waals surface area contributed by atoms with Gasteiger partial charge in [-0.1, -0.05) is 44.2 Å². The van der Waals surface area contributed by atoms with Gasteiger partial charge in [-0.25, -0.2) is 0 Å². The number of Topliss-reactive ketones (excluding diaryl/α,β-unsaturated/α-hetero) is 1. The Morgan fingerprint density at radius 3 is 2.43 bits per heavy atom. The van der Waals surface area contributed by atoms with Crippen LogP contribution in [0.3, 0.4) is 0 Å². The zero-order valence-electron chi connectivity index (χ0n) is 14.0. The van der Waals surface area contributed by atoms with E-state index in [2.05, 4.69) is 67.1 Å². The summed E-state index contributed by atoms with van der Waals surface area (Å²) in [5, 5.41) is 1.13. The second-order valence-electron chi connectivity index (χ2n) is 6.61. The van der Waals surface area contributed by atoms with Crippen LogP contribution in [0.1, 0.15) is 49.2 Å². The summed E-state index contributed by atoms with van der Waals surface area (Å²) in [6.07, 6.45) is 3.23. The average Bonchev–Trinajstić information content (AvgIpc) is 2.96. The van der Waals surface area contributed by atoms with Gasteiger partial charge in [-0.2, -0.15) is 0 Å². The number of ketones is 1. The molecule has 0 aliphatic heterocycles. The number of aromatic nitrogens is 1. The van der Waals surface area contributed by atoms with Gasteiger partial charge in [-0.05, 0) is 49.1 Å². The van der Waals surface area contributed by atoms with Crippen molar-refractivity contribution in [3.05, 3.63) is 71.9 Å². The van der Waals surface area contributed by atoms with E-state index in [-0.39, 0.29) is 5.78 Å². The van der Waals surface area contributed by atoms with Crippen LogP contribution in [0.4, 0.5) is 0 Å². The lowest BCUT2D eigenvalue weighted by molar-refractivity contribution is 0.101. The lowest BCUT2D eigenvalue weighted by Gasteiger charge is -2.23. The number of hydrogen-bond acceptors (Lipinski definition) is 1. The lowest BCUT2D eigenvalue weighted by atomic mass is 9.96. The van der Waals surface area contributed by atoms with Crippen LogP contribution in [0, 0.1) is 5.92 Å². The molecule has 0 amide bonds. The van der Waals surface area contributed by atoms with Crippen LogP contribution in [0.25, 0.3) is 10.9 Å². The van der Waals surface area contributed by atoms with Crippen molar-refractivity contribution in [2.75, 3.05) is 0 Å². The number of benzene rings is 2. The van der Waals surface area contributed by atoms with Crippen molar-refractivity contribution >= 4 is 16.7 Å². The standard InChI is InChI=1S/C21H23NO/c1-15(2)13-21(17-7-5-4-6-8-17)22-12-11-19-14-18(16(3)23)9-10-20(19)22/h4-12,14-15,21H,13H2,1-3H3. The maximum absolute atomic E-state index is 11.6. The Bertz CT molecular complexity index is 814. The highest BCUT2D eigenvalue weighted by Gasteiger charge is 2.17. The topological polar surface area (TPSA) is 22.0 Å². The van der Waals surface area contributed by atoms with Gasteiger partial charge in [-0.3, -0.25) is 4.79 Å². The van der Waals surface area contributed by atoms with Gasteiger partial charge in [0.2, 0.25) is 0 Å². The summed E-state index contributed by atoms with van der Waals surface area (Å²) in [5.41, 5.74) is 3.29. The van der Waals surface area contributed by atoms with Gasteiger partial charge in [-0.15, -0.1) is 0 Å². The molecule has 1 atom stereocenters. The maximum atomic E-state index is 11.6. The molecule has 3 rings (SSSR count). The summed E-state index contributed by atoms with van der Waals surface area (Å²) < 4.78 is 2.34. The van der Waals surface area contributed by atoms with Gasteiger partial charge in [0.1, 0.15) is 0 Å². The summed E-state index contributed by atoms with van der Waals surface area (Å²) in [6.45, 7) is 6.13. The smallest absolute Gasteiger partial charge is 0.159 e. The second kappa shape index (κ2) is 6.41. The highest BCUT2D eigenvalue weighted by molar-refractivity contribution is 5.98. The molecule has 2 heteroatoms. The quantitative estimate of drug-likeness (QED) is 0.572. The maximum Gasteiger partial charge on any atom is 0.159 e. The molecule has 2 aromatic carbocycles. The fourth-order valence-corrected chi connectivity index (χ4v) is 3.19. The Morgan fingerprint density at radius 2 is 1.78 bits per heavy atom. The largest absolute Gasteiger partial charge is 0.340 e. The van der Waals surface area contributed by atoms with Crippen LogP contribution in [-0.4, -0.2) is 10.4 Å². The summed E-state index contributed by atoms with van der Waals surface area (Å²) in [7, 11) is 0. The molecule has 0 radical (unpaired) electrons. The van der Waals surface area contributed by atoms with Gasteiger partial charge in [0.15, 0.2) is 5.78 Å². The van der Waals surface area contributed by atoms with Crippen LogP contribution in [-0.2, 0) is 0 Å². The van der Waals surface area contributed by atoms with Gasteiger partial charge in [0.25, 0.3) is 0 Å². The van der Waals surface area contributed by atoms with E-state index in [0.717, 1.165) is 17.4 Å². The molecule has 1 aromatic heterocycles. The minimum Gasteiger partial charge on any atom is -0.340 e. The normalized spacial score (nSPS) is 12.7. The van der Waals surface area contributed by atoms with Crippen LogP contribution < -0.4 is 0 Å². The number of hydrogen-bond donors (Lipinski definition) is 0. The Labute approximate surface area is 137 Å². The van der Waals surface area contributed by atoms with Crippen LogP contribution in [0.5, 0.6) is 0 Å². The van der Waals surface area contributed by atoms with E-state index in [1.54, 1.807) is 6.92 Å². The number of carbonyl (C=O) groups is 1. The molecule has 0 saturated heterocycles. The molecular formula is C21H23NO. The first kappa shape index (κ1) is 15.5. The number of fused-ring (bicyclic) bond motifs is 1. The minimum atomic E-state index is 0.112. The number of carbonyl (C=O) groups excluding carboxylic acids is 1. The molecule has 3 aromatic rings. The Kier molecular flexibility index (Phi) is 4.33. The summed E-state index contributed by atoms with van der Waals surface area (Å²) in [4.78, 5) is 11.6. The van der Waals surface area contributed by atoms with E-state index in [1.807, 2.05) is 12.1 Å². The first-order valence-electron chi connectivity index (χ1n) is 8.22. The molecule has 0 aliphatic rings. The molecule has 0 saturated carbocycles. The van der Waals surface area contributed by atoms with Gasteiger partial charge < -0.3 is 4.57 Å². The van der Waals surface area contributed by atoms with Gasteiger partial charge in [0.05, 0.1) is 6.04 Å². The third-order valence-electron chi connectivity index (χ3n) is 4.34. The van der Waals surface area contributed by atoms with E-state index in [9.17, 15) is 4.79 Å². The zero-order valence-corrected chi connectivity index (χ0v) is 14.0. The first-order valence-corrected chi connectivity index (χ1v) is 8.22. The molecular weight excluding hydrogens is 282 g/mol. The fraction of sp³-hybridized carbons (Fsp3) is 0.286. The van der Waals surface area contributed by atoms with Crippen molar-refractivity contribution < 1.29 is 4.79 Å². The van der Waals surface area contributed by atoms with E-state index in [4.69, 9.17) is 0 Å². The number of rotatable bonds is 5. The predicted molar refractivity (Wildman–Crippen MR) is 96.0 cm³/mol. The molecule has 0 spiro atoms. The van der Waals surface area contributed by atoms with Crippen molar-refractivity contribution in [2.24, 2.45) is 5.92 Å². The molecule has 0 bridgehead atoms. The molecule has 1 heterocycles. The molecule has 2 nitrogen and oxygen atoms in total. The third kappa shape index (κ3) is 3.21. The highest BCUT2D eigenvalue weighted by atomic mass is 16.1. The molecule has 23 heavy (non-hydrogen) atoms.